The summed E-state index contributed by atoms with van der Waals surface area (Å²) < 4.78 is 6.07. The molecule has 1 aromatic heterocycles. The normalized spacial score (nSPS) is 23.9. The highest BCUT2D eigenvalue weighted by molar-refractivity contribution is 8.00. The van der Waals surface area contributed by atoms with Crippen LogP contribution in [-0.2, 0) is 6.42 Å². The molecule has 1 fully saturated rings. The van der Waals surface area contributed by atoms with E-state index in [0.29, 0.717) is 0 Å². The SMILES string of the molecule is C#CC1Cc2ncnc(OC3CCN(C)CC3)c2S1. The third-order valence-corrected chi connectivity index (χ3v) is 4.85. The lowest BCUT2D eigenvalue weighted by molar-refractivity contribution is 0.107. The van der Waals surface area contributed by atoms with E-state index in [9.17, 15) is 0 Å². The molecule has 19 heavy (non-hydrogen) atoms. The molecule has 2 aliphatic heterocycles. The quantitative estimate of drug-likeness (QED) is 0.767. The van der Waals surface area contributed by atoms with Gasteiger partial charge in [-0.2, -0.15) is 0 Å². The van der Waals surface area contributed by atoms with Gasteiger partial charge < -0.3 is 9.64 Å². The molecule has 1 atom stereocenters. The second-order valence-electron chi connectivity index (χ2n) is 5.05. The van der Waals surface area contributed by atoms with Gasteiger partial charge in [-0.3, -0.25) is 0 Å². The summed E-state index contributed by atoms with van der Waals surface area (Å²) >= 11 is 1.66. The number of likely N-dealkylation sites (tertiary alicyclic amines) is 1. The van der Waals surface area contributed by atoms with Gasteiger partial charge in [0.05, 0.1) is 15.8 Å². The van der Waals surface area contributed by atoms with Crippen molar-refractivity contribution in [2.24, 2.45) is 0 Å². The largest absolute Gasteiger partial charge is 0.473 e. The van der Waals surface area contributed by atoms with Crippen LogP contribution >= 0.6 is 11.8 Å². The highest BCUT2D eigenvalue weighted by Gasteiger charge is 2.28. The van der Waals surface area contributed by atoms with Crippen LogP contribution in [0.5, 0.6) is 5.88 Å². The van der Waals surface area contributed by atoms with E-state index in [1.807, 2.05) is 0 Å². The minimum atomic E-state index is 0.173. The van der Waals surface area contributed by atoms with Crippen molar-refractivity contribution in [3.63, 3.8) is 0 Å². The molecule has 3 rings (SSSR count). The summed E-state index contributed by atoms with van der Waals surface area (Å²) in [6.45, 7) is 2.16. The van der Waals surface area contributed by atoms with E-state index in [1.54, 1.807) is 18.1 Å². The maximum atomic E-state index is 6.07. The molecule has 0 bridgehead atoms. The van der Waals surface area contributed by atoms with Crippen molar-refractivity contribution in [1.82, 2.24) is 14.9 Å². The molecule has 1 aromatic rings. The fourth-order valence-electron chi connectivity index (χ4n) is 2.45. The van der Waals surface area contributed by atoms with Crippen LogP contribution in [0.4, 0.5) is 0 Å². The van der Waals surface area contributed by atoms with Gasteiger partial charge in [-0.25, -0.2) is 9.97 Å². The van der Waals surface area contributed by atoms with Crippen LogP contribution in [0.3, 0.4) is 0 Å². The average molecular weight is 275 g/mol. The number of hydrogen-bond acceptors (Lipinski definition) is 5. The third kappa shape index (κ3) is 2.70. The lowest BCUT2D eigenvalue weighted by Gasteiger charge is -2.29. The monoisotopic (exact) mass is 275 g/mol. The summed E-state index contributed by atoms with van der Waals surface area (Å²) in [7, 11) is 2.14. The fourth-order valence-corrected chi connectivity index (χ4v) is 3.52. The molecular formula is C14H17N3OS. The molecule has 100 valence electrons. The number of nitrogens with zero attached hydrogens (tertiary/aromatic N) is 3. The Morgan fingerprint density at radius 1 is 1.42 bits per heavy atom. The Labute approximate surface area is 118 Å². The second kappa shape index (κ2) is 5.40. The van der Waals surface area contributed by atoms with Crippen molar-refractivity contribution in [3.8, 4) is 18.2 Å². The van der Waals surface area contributed by atoms with Crippen LogP contribution < -0.4 is 4.74 Å². The number of fused-ring (bicyclic) bond motifs is 1. The van der Waals surface area contributed by atoms with Gasteiger partial charge in [0.25, 0.3) is 0 Å². The van der Waals surface area contributed by atoms with E-state index >= 15 is 0 Å². The number of ether oxygens (including phenoxy) is 1. The first-order valence-electron chi connectivity index (χ1n) is 6.58. The first-order valence-corrected chi connectivity index (χ1v) is 7.46. The van der Waals surface area contributed by atoms with Crippen LogP contribution in [0, 0.1) is 12.3 Å². The molecule has 3 heterocycles. The third-order valence-electron chi connectivity index (χ3n) is 3.61. The fraction of sp³-hybridized carbons (Fsp3) is 0.571. The summed E-state index contributed by atoms with van der Waals surface area (Å²) in [6.07, 6.45) is 10.3. The van der Waals surface area contributed by atoms with Crippen LogP contribution in [-0.4, -0.2) is 46.4 Å². The minimum absolute atomic E-state index is 0.173. The second-order valence-corrected chi connectivity index (χ2v) is 6.27. The molecule has 0 radical (unpaired) electrons. The standard InChI is InChI=1S/C14H17N3OS/c1-3-11-8-12-13(19-11)14(16-9-15-12)18-10-4-6-17(2)7-5-10/h1,9-11H,4-8H2,2H3. The lowest BCUT2D eigenvalue weighted by Crippen LogP contribution is -2.35. The Morgan fingerprint density at radius 2 is 2.21 bits per heavy atom. The predicted octanol–water partition coefficient (Wildman–Crippen LogP) is 1.60. The number of piperidine rings is 1. The zero-order valence-corrected chi connectivity index (χ0v) is 11.8. The number of aromatic nitrogens is 2. The predicted molar refractivity (Wildman–Crippen MR) is 75.4 cm³/mol. The smallest absolute Gasteiger partial charge is 0.231 e. The Morgan fingerprint density at radius 3 is 2.95 bits per heavy atom. The summed E-state index contributed by atoms with van der Waals surface area (Å²) in [5, 5.41) is 0.173. The molecule has 1 saturated heterocycles. The zero-order valence-electron chi connectivity index (χ0n) is 11.0. The zero-order chi connectivity index (χ0) is 13.2. The first kappa shape index (κ1) is 12.8. The Hall–Kier alpha value is -1.25. The molecule has 5 heteroatoms. The Kier molecular flexibility index (Phi) is 3.63. The topological polar surface area (TPSA) is 38.3 Å². The van der Waals surface area contributed by atoms with Crippen molar-refractivity contribution in [2.45, 2.75) is 35.5 Å². The van der Waals surface area contributed by atoms with Crippen molar-refractivity contribution < 1.29 is 4.74 Å². The summed E-state index contributed by atoms with van der Waals surface area (Å²) in [5.41, 5.74) is 1.03. The molecular weight excluding hydrogens is 258 g/mol. The highest BCUT2D eigenvalue weighted by Crippen LogP contribution is 2.41. The molecule has 0 aliphatic carbocycles. The van der Waals surface area contributed by atoms with Crippen molar-refractivity contribution in [1.29, 1.82) is 0 Å². The maximum Gasteiger partial charge on any atom is 0.231 e. The van der Waals surface area contributed by atoms with Crippen molar-refractivity contribution in [3.05, 3.63) is 12.0 Å². The maximum absolute atomic E-state index is 6.07. The van der Waals surface area contributed by atoms with E-state index in [1.165, 1.54) is 0 Å². The Balaban J connectivity index is 1.73. The molecule has 2 aliphatic rings. The molecule has 0 spiro atoms. The van der Waals surface area contributed by atoms with Crippen LogP contribution in [0.2, 0.25) is 0 Å². The van der Waals surface area contributed by atoms with E-state index in [2.05, 4.69) is 27.8 Å². The average Bonchev–Trinajstić information content (AvgIpc) is 2.85. The van der Waals surface area contributed by atoms with Gasteiger partial charge in [-0.05, 0) is 19.9 Å². The summed E-state index contributed by atoms with van der Waals surface area (Å²) in [6, 6.07) is 0. The molecule has 1 unspecified atom stereocenters. The van der Waals surface area contributed by atoms with Crippen molar-refractivity contribution >= 4 is 11.8 Å². The molecule has 0 saturated carbocycles. The van der Waals surface area contributed by atoms with Crippen molar-refractivity contribution in [2.75, 3.05) is 20.1 Å². The van der Waals surface area contributed by atoms with Crippen LogP contribution in [0.15, 0.2) is 11.2 Å². The molecule has 0 N–H and O–H groups in total. The number of hydrogen-bond donors (Lipinski definition) is 0. The molecule has 0 amide bonds. The molecule has 0 aromatic carbocycles. The first-order chi connectivity index (χ1) is 9.26. The van der Waals surface area contributed by atoms with Gasteiger partial charge in [0, 0.05) is 19.5 Å². The summed E-state index contributed by atoms with van der Waals surface area (Å²) in [4.78, 5) is 12.0. The van der Waals surface area contributed by atoms with Gasteiger partial charge in [0.15, 0.2) is 0 Å². The minimum Gasteiger partial charge on any atom is -0.473 e. The van der Waals surface area contributed by atoms with Gasteiger partial charge >= 0.3 is 0 Å². The highest BCUT2D eigenvalue weighted by atomic mass is 32.2. The van der Waals surface area contributed by atoms with Gasteiger partial charge in [-0.1, -0.05) is 5.92 Å². The van der Waals surface area contributed by atoms with Gasteiger partial charge in [-0.15, -0.1) is 18.2 Å². The van der Waals surface area contributed by atoms with Crippen LogP contribution in [0.1, 0.15) is 18.5 Å². The van der Waals surface area contributed by atoms with E-state index in [-0.39, 0.29) is 11.4 Å². The number of thioether (sulfide) groups is 1. The lowest BCUT2D eigenvalue weighted by atomic mass is 10.1. The Bertz CT molecular complexity index is 506. The number of terminal acetylenes is 1. The van der Waals surface area contributed by atoms with E-state index < -0.39 is 0 Å². The van der Waals surface area contributed by atoms with E-state index in [4.69, 9.17) is 11.2 Å². The van der Waals surface area contributed by atoms with Gasteiger partial charge in [0.1, 0.15) is 12.4 Å². The van der Waals surface area contributed by atoms with Crippen LogP contribution in [0.25, 0.3) is 0 Å². The number of rotatable bonds is 2. The van der Waals surface area contributed by atoms with Gasteiger partial charge in [0.2, 0.25) is 5.88 Å². The van der Waals surface area contributed by atoms with E-state index in [0.717, 1.165) is 48.8 Å². The summed E-state index contributed by atoms with van der Waals surface area (Å²) in [5.74, 6) is 3.50. The molecule has 4 nitrogen and oxygen atoms in total.